The number of anilines is 1. The van der Waals surface area contributed by atoms with E-state index in [1.54, 1.807) is 24.3 Å². The van der Waals surface area contributed by atoms with Crippen LogP contribution < -0.4 is 10.6 Å². The van der Waals surface area contributed by atoms with Crippen LogP contribution in [-0.2, 0) is 11.2 Å². The van der Waals surface area contributed by atoms with Crippen LogP contribution in [0.25, 0.3) is 0 Å². The molecule has 0 radical (unpaired) electrons. The molecule has 3 N–H and O–H groups in total. The van der Waals surface area contributed by atoms with Crippen LogP contribution >= 0.6 is 0 Å². The minimum absolute atomic E-state index is 0.0607. The number of hydrogen-bond acceptors (Lipinski definition) is 3. The number of urea groups is 1. The van der Waals surface area contributed by atoms with Crippen molar-refractivity contribution in [2.45, 2.75) is 19.4 Å². The van der Waals surface area contributed by atoms with Crippen LogP contribution in [0.2, 0.25) is 0 Å². The standard InChI is InChI=1S/C14H21N3O3/c1-10(17(2)3)9-15-14(20)16-12-6-4-5-11(7-12)8-13(18)19/h4-7,10H,8-9H2,1-3H3,(H,18,19)(H2,15,16,20). The maximum Gasteiger partial charge on any atom is 0.319 e. The monoisotopic (exact) mass is 279 g/mol. The fourth-order valence-corrected chi connectivity index (χ4v) is 1.53. The SMILES string of the molecule is CC(CNC(=O)Nc1cccc(CC(=O)O)c1)N(C)C. The molecular weight excluding hydrogens is 258 g/mol. The number of carboxylic acid groups (broad SMARTS) is 1. The molecule has 0 aromatic heterocycles. The first-order valence-electron chi connectivity index (χ1n) is 6.40. The number of nitrogens with one attached hydrogen (secondary N) is 2. The second-order valence-electron chi connectivity index (χ2n) is 4.92. The molecule has 20 heavy (non-hydrogen) atoms. The van der Waals surface area contributed by atoms with E-state index in [1.165, 1.54) is 0 Å². The van der Waals surface area contributed by atoms with E-state index in [-0.39, 0.29) is 18.5 Å². The second-order valence-corrected chi connectivity index (χ2v) is 4.92. The molecule has 6 heteroatoms. The number of carbonyl (C=O) groups is 2. The van der Waals surface area contributed by atoms with E-state index >= 15 is 0 Å². The summed E-state index contributed by atoms with van der Waals surface area (Å²) >= 11 is 0. The van der Waals surface area contributed by atoms with Crippen molar-refractivity contribution in [2.24, 2.45) is 0 Å². The van der Waals surface area contributed by atoms with Gasteiger partial charge >= 0.3 is 12.0 Å². The Kier molecular flexibility index (Phi) is 5.99. The second kappa shape index (κ2) is 7.49. The van der Waals surface area contributed by atoms with Crippen molar-refractivity contribution in [3.63, 3.8) is 0 Å². The number of carboxylic acids is 1. The third-order valence-corrected chi connectivity index (χ3v) is 2.98. The number of carbonyl (C=O) groups excluding carboxylic acids is 1. The summed E-state index contributed by atoms with van der Waals surface area (Å²) in [7, 11) is 3.89. The van der Waals surface area contributed by atoms with E-state index in [9.17, 15) is 9.59 Å². The Labute approximate surface area is 118 Å². The Morgan fingerprint density at radius 1 is 1.35 bits per heavy atom. The number of hydrogen-bond donors (Lipinski definition) is 3. The van der Waals surface area contributed by atoms with Crippen LogP contribution in [0.15, 0.2) is 24.3 Å². The lowest BCUT2D eigenvalue weighted by atomic mass is 10.1. The summed E-state index contributed by atoms with van der Waals surface area (Å²) in [5, 5.41) is 14.2. The van der Waals surface area contributed by atoms with Gasteiger partial charge in [-0.3, -0.25) is 4.79 Å². The molecule has 1 aromatic rings. The highest BCUT2D eigenvalue weighted by Gasteiger charge is 2.08. The molecule has 2 amide bonds. The van der Waals surface area contributed by atoms with Gasteiger partial charge in [0.25, 0.3) is 0 Å². The third-order valence-electron chi connectivity index (χ3n) is 2.98. The van der Waals surface area contributed by atoms with Crippen molar-refractivity contribution in [1.82, 2.24) is 10.2 Å². The van der Waals surface area contributed by atoms with Gasteiger partial charge in [-0.25, -0.2) is 4.79 Å². The van der Waals surface area contributed by atoms with E-state index in [4.69, 9.17) is 5.11 Å². The van der Waals surface area contributed by atoms with Crippen molar-refractivity contribution in [2.75, 3.05) is 26.0 Å². The van der Waals surface area contributed by atoms with Gasteiger partial charge in [0, 0.05) is 18.3 Å². The molecule has 1 aromatic carbocycles. The summed E-state index contributed by atoms with van der Waals surface area (Å²) in [6.07, 6.45) is -0.0607. The Morgan fingerprint density at radius 3 is 2.65 bits per heavy atom. The first-order valence-corrected chi connectivity index (χ1v) is 6.40. The van der Waals surface area contributed by atoms with Crippen LogP contribution in [0.5, 0.6) is 0 Å². The maximum absolute atomic E-state index is 11.7. The molecule has 0 bridgehead atoms. The maximum atomic E-state index is 11.7. The summed E-state index contributed by atoms with van der Waals surface area (Å²) in [5.41, 5.74) is 1.23. The molecule has 0 aliphatic heterocycles. The summed E-state index contributed by atoms with van der Waals surface area (Å²) in [5.74, 6) is -0.897. The topological polar surface area (TPSA) is 81.7 Å². The molecule has 0 spiro atoms. The highest BCUT2D eigenvalue weighted by molar-refractivity contribution is 5.89. The van der Waals surface area contributed by atoms with Gasteiger partial charge in [-0.15, -0.1) is 0 Å². The van der Waals surface area contributed by atoms with Gasteiger partial charge in [-0.05, 0) is 38.7 Å². The van der Waals surface area contributed by atoms with Crippen LogP contribution in [-0.4, -0.2) is 48.7 Å². The molecule has 0 aliphatic rings. The summed E-state index contributed by atoms with van der Waals surface area (Å²) in [4.78, 5) is 24.4. The molecule has 0 saturated carbocycles. The van der Waals surface area contributed by atoms with Gasteiger partial charge in [0.15, 0.2) is 0 Å². The zero-order chi connectivity index (χ0) is 15.1. The van der Waals surface area contributed by atoms with E-state index < -0.39 is 5.97 Å². The Hall–Kier alpha value is -2.08. The lowest BCUT2D eigenvalue weighted by Crippen LogP contribution is -2.40. The van der Waals surface area contributed by atoms with E-state index in [0.29, 0.717) is 17.8 Å². The predicted molar refractivity (Wildman–Crippen MR) is 78.0 cm³/mol. The number of aliphatic carboxylic acids is 1. The van der Waals surface area contributed by atoms with Crippen LogP contribution in [0, 0.1) is 0 Å². The number of amides is 2. The number of benzene rings is 1. The van der Waals surface area contributed by atoms with Gasteiger partial charge in [0.2, 0.25) is 0 Å². The smallest absolute Gasteiger partial charge is 0.319 e. The zero-order valence-corrected chi connectivity index (χ0v) is 12.0. The van der Waals surface area contributed by atoms with E-state index in [2.05, 4.69) is 10.6 Å². The van der Waals surface area contributed by atoms with Crippen molar-refractivity contribution >= 4 is 17.7 Å². The van der Waals surface area contributed by atoms with Gasteiger partial charge < -0.3 is 20.6 Å². The molecule has 0 aliphatic carbocycles. The summed E-state index contributed by atoms with van der Waals surface area (Å²) in [6, 6.07) is 6.75. The molecule has 0 fully saturated rings. The number of rotatable bonds is 6. The zero-order valence-electron chi connectivity index (χ0n) is 12.0. The fourth-order valence-electron chi connectivity index (χ4n) is 1.53. The van der Waals surface area contributed by atoms with Crippen LogP contribution in [0.1, 0.15) is 12.5 Å². The lowest BCUT2D eigenvalue weighted by molar-refractivity contribution is -0.136. The Morgan fingerprint density at radius 2 is 2.05 bits per heavy atom. The van der Waals surface area contributed by atoms with Gasteiger partial charge in [-0.2, -0.15) is 0 Å². The van der Waals surface area contributed by atoms with Gasteiger partial charge in [-0.1, -0.05) is 12.1 Å². The van der Waals surface area contributed by atoms with Gasteiger partial charge in [0.1, 0.15) is 0 Å². The normalized spacial score (nSPS) is 12.0. The molecule has 0 saturated heterocycles. The van der Waals surface area contributed by atoms with Crippen molar-refractivity contribution in [1.29, 1.82) is 0 Å². The Balaban J connectivity index is 2.51. The minimum Gasteiger partial charge on any atom is -0.481 e. The average molecular weight is 279 g/mol. The van der Waals surface area contributed by atoms with Crippen molar-refractivity contribution in [3.8, 4) is 0 Å². The predicted octanol–water partition coefficient (Wildman–Crippen LogP) is 1.39. The molecule has 0 heterocycles. The first kappa shape index (κ1) is 16.0. The Bertz CT molecular complexity index is 474. The molecule has 110 valence electrons. The summed E-state index contributed by atoms with van der Waals surface area (Å²) < 4.78 is 0. The van der Waals surface area contributed by atoms with E-state index in [1.807, 2.05) is 25.9 Å². The number of nitrogens with zero attached hydrogens (tertiary/aromatic N) is 1. The summed E-state index contributed by atoms with van der Waals surface area (Å²) in [6.45, 7) is 2.54. The highest BCUT2D eigenvalue weighted by atomic mass is 16.4. The highest BCUT2D eigenvalue weighted by Crippen LogP contribution is 2.11. The average Bonchev–Trinajstić information content (AvgIpc) is 2.35. The van der Waals surface area contributed by atoms with Gasteiger partial charge in [0.05, 0.1) is 6.42 Å². The van der Waals surface area contributed by atoms with Crippen LogP contribution in [0.4, 0.5) is 10.5 Å². The first-order chi connectivity index (χ1) is 9.38. The lowest BCUT2D eigenvalue weighted by Gasteiger charge is -2.20. The molecule has 1 rings (SSSR count). The minimum atomic E-state index is -0.897. The van der Waals surface area contributed by atoms with Crippen molar-refractivity contribution in [3.05, 3.63) is 29.8 Å². The molecule has 1 atom stereocenters. The van der Waals surface area contributed by atoms with Crippen molar-refractivity contribution < 1.29 is 14.7 Å². The quantitative estimate of drug-likeness (QED) is 0.735. The number of likely N-dealkylation sites (N-methyl/N-ethyl adjacent to an activating group) is 1. The fraction of sp³-hybridized carbons (Fsp3) is 0.429. The van der Waals surface area contributed by atoms with Crippen LogP contribution in [0.3, 0.4) is 0 Å². The molecule has 6 nitrogen and oxygen atoms in total. The van der Waals surface area contributed by atoms with E-state index in [0.717, 1.165) is 0 Å². The largest absolute Gasteiger partial charge is 0.481 e. The molecule has 1 unspecified atom stereocenters. The molecular formula is C14H21N3O3. The third kappa shape index (κ3) is 5.71.